The van der Waals surface area contributed by atoms with Crippen LogP contribution < -0.4 is 14.8 Å². The van der Waals surface area contributed by atoms with Gasteiger partial charge in [0.2, 0.25) is 10.0 Å². The molecule has 2 aliphatic rings. The minimum atomic E-state index is -3.68. The lowest BCUT2D eigenvalue weighted by Gasteiger charge is -2.30. The van der Waals surface area contributed by atoms with Gasteiger partial charge < -0.3 is 29.7 Å². The molecule has 2 aromatic heterocycles. The average Bonchev–Trinajstić information content (AvgIpc) is 4.07. The van der Waals surface area contributed by atoms with E-state index in [1.165, 1.54) is 44.6 Å². The summed E-state index contributed by atoms with van der Waals surface area (Å²) in [6.45, 7) is 13.3. The first-order valence-electron chi connectivity index (χ1n) is 24.4. The second kappa shape index (κ2) is 28.8. The zero-order valence-electron chi connectivity index (χ0n) is 41.3. The van der Waals surface area contributed by atoms with Crippen molar-refractivity contribution in [2.75, 3.05) is 51.2 Å². The van der Waals surface area contributed by atoms with Crippen molar-refractivity contribution in [1.82, 2.24) is 34.5 Å². The van der Waals surface area contributed by atoms with Gasteiger partial charge in [-0.05, 0) is 155 Å². The summed E-state index contributed by atoms with van der Waals surface area (Å²) in [5.74, 6) is 5.52. The summed E-state index contributed by atoms with van der Waals surface area (Å²) in [5, 5.41) is 3.57. The normalized spacial score (nSPS) is 14.3. The lowest BCUT2D eigenvalue weighted by molar-refractivity contribution is 0.314. The van der Waals surface area contributed by atoms with E-state index in [1.807, 2.05) is 97.1 Å². The molecule has 3 N–H and O–H groups in total. The van der Waals surface area contributed by atoms with Crippen molar-refractivity contribution in [2.45, 2.75) is 68.1 Å². The summed E-state index contributed by atoms with van der Waals surface area (Å²) in [7, 11) is -2.01. The van der Waals surface area contributed by atoms with Crippen LogP contribution in [-0.4, -0.2) is 97.1 Å². The van der Waals surface area contributed by atoms with E-state index in [-0.39, 0.29) is 21.0 Å². The number of halogens is 3. The summed E-state index contributed by atoms with van der Waals surface area (Å²) in [5.41, 5.74) is 4.22. The van der Waals surface area contributed by atoms with Crippen LogP contribution in [-0.2, 0) is 19.1 Å². The van der Waals surface area contributed by atoms with Crippen LogP contribution in [0.2, 0.25) is 0 Å². The zero-order chi connectivity index (χ0) is 52.1. The number of imidazole rings is 2. The summed E-state index contributed by atoms with van der Waals surface area (Å²) in [4.78, 5) is 18.9. The highest BCUT2D eigenvalue weighted by atomic mass is 35.7. The molecule has 2 fully saturated rings. The molecule has 0 amide bonds. The highest BCUT2D eigenvalue weighted by Crippen LogP contribution is 2.32. The predicted molar refractivity (Wildman–Crippen MR) is 297 cm³/mol. The summed E-state index contributed by atoms with van der Waals surface area (Å²) >= 11 is 9.53. The number of ether oxygens (including phenoxy) is 2. The maximum absolute atomic E-state index is 13.1. The molecule has 13 nitrogen and oxygen atoms in total. The molecule has 0 unspecified atom stereocenters. The number of sulfonamides is 1. The number of nitrogens with zero attached hydrogens (tertiary/aromatic N) is 4. The Bertz CT molecular complexity index is 3010. The smallest absolute Gasteiger partial charge is 0.261 e. The number of aromatic amines is 2. The summed E-state index contributed by atoms with van der Waals surface area (Å²) in [6, 6.07) is 47.4. The molecule has 6 aromatic carbocycles. The van der Waals surface area contributed by atoms with Gasteiger partial charge >= 0.3 is 0 Å². The number of rotatable bonds is 12. The van der Waals surface area contributed by atoms with E-state index in [4.69, 9.17) is 43.4 Å². The second-order valence-corrected chi connectivity index (χ2v) is 22.2. The van der Waals surface area contributed by atoms with Crippen LogP contribution in [0.4, 0.5) is 0 Å². The Balaban J connectivity index is 0.000000175. The first-order chi connectivity index (χ1) is 35.3. The molecule has 0 spiro atoms. The molecule has 73 heavy (non-hydrogen) atoms. The number of nitrogens with one attached hydrogen (secondary N) is 3. The van der Waals surface area contributed by atoms with E-state index in [0.29, 0.717) is 42.0 Å². The minimum absolute atomic E-state index is 0.0552. The third-order valence-corrected chi connectivity index (χ3v) is 15.5. The third-order valence-electron chi connectivity index (χ3n) is 12.2. The van der Waals surface area contributed by atoms with Crippen LogP contribution in [0, 0.1) is 0 Å². The van der Waals surface area contributed by atoms with Gasteiger partial charge in [0.1, 0.15) is 34.6 Å². The zero-order valence-corrected chi connectivity index (χ0v) is 45.2. The molecular formula is C55H64Cl3N7O6S2. The molecule has 2 saturated heterocycles. The van der Waals surface area contributed by atoms with Gasteiger partial charge in [0.15, 0.2) is 0 Å². The van der Waals surface area contributed by atoms with E-state index in [0.717, 1.165) is 59.6 Å². The molecule has 0 bridgehead atoms. The molecule has 388 valence electrons. The van der Waals surface area contributed by atoms with Crippen LogP contribution in [0.3, 0.4) is 0 Å². The van der Waals surface area contributed by atoms with E-state index >= 15 is 0 Å². The highest BCUT2D eigenvalue weighted by molar-refractivity contribution is 8.13. The molecule has 0 saturated carbocycles. The Kier molecular flexibility index (Phi) is 22.4. The molecular weight excluding hydrogens is 1030 g/mol. The number of fused-ring (bicyclic) bond motifs is 2. The number of hydrogen-bond acceptors (Lipinski definition) is 10. The number of aromatic nitrogens is 4. The molecule has 18 heteroatoms. The SMILES string of the molecule is CCN(CC)CC.ClCCl.O=S(=O)(Cl)c1ccc(Oc2ccccc2)cc1.O=S(=O)(c1ccc(Oc2ccccc2)cc1)N1CCC(c2nc3ccccc3[nH]2)CC1.c1ccc2[nH]c(C3CCNCC3)nc2c1. The van der Waals surface area contributed by atoms with Crippen molar-refractivity contribution in [3.8, 4) is 23.0 Å². The first-order valence-corrected chi connectivity index (χ1v) is 29.2. The maximum atomic E-state index is 13.1. The fourth-order valence-corrected chi connectivity index (χ4v) is 10.5. The topological polar surface area (TPSA) is 163 Å². The van der Waals surface area contributed by atoms with Crippen molar-refractivity contribution in [2.24, 2.45) is 0 Å². The quantitative estimate of drug-likeness (QED) is 0.0793. The Morgan fingerprint density at radius 3 is 1.29 bits per heavy atom. The third kappa shape index (κ3) is 17.3. The van der Waals surface area contributed by atoms with Crippen LogP contribution in [0.15, 0.2) is 168 Å². The maximum Gasteiger partial charge on any atom is 0.261 e. The number of para-hydroxylation sites is 6. The first kappa shape index (κ1) is 56.8. The average molecular weight is 1090 g/mol. The van der Waals surface area contributed by atoms with E-state index in [9.17, 15) is 16.8 Å². The van der Waals surface area contributed by atoms with Gasteiger partial charge in [-0.3, -0.25) is 0 Å². The van der Waals surface area contributed by atoms with Gasteiger partial charge in [0, 0.05) is 35.6 Å². The van der Waals surface area contributed by atoms with Gasteiger partial charge in [-0.25, -0.2) is 26.8 Å². The molecule has 10 rings (SSSR count). The number of hydrogen-bond donors (Lipinski definition) is 3. The monoisotopic (exact) mass is 1090 g/mol. The van der Waals surface area contributed by atoms with Crippen molar-refractivity contribution in [3.63, 3.8) is 0 Å². The fraction of sp³-hybridized carbons (Fsp3) is 0.309. The second-order valence-electron chi connectivity index (χ2n) is 16.9. The lowest BCUT2D eigenvalue weighted by atomic mass is 9.97. The van der Waals surface area contributed by atoms with E-state index in [2.05, 4.69) is 63.1 Å². The van der Waals surface area contributed by atoms with Crippen molar-refractivity contribution in [3.05, 3.63) is 169 Å². The Morgan fingerprint density at radius 1 is 0.534 bits per heavy atom. The molecule has 0 aliphatic carbocycles. The Hall–Kier alpha value is -5.49. The molecule has 8 aromatic rings. The van der Waals surface area contributed by atoms with Gasteiger partial charge in [-0.1, -0.05) is 81.4 Å². The van der Waals surface area contributed by atoms with E-state index < -0.39 is 19.1 Å². The fourth-order valence-electron chi connectivity index (χ4n) is 8.22. The van der Waals surface area contributed by atoms with Crippen molar-refractivity contribution in [1.29, 1.82) is 0 Å². The molecule has 2 aliphatic heterocycles. The summed E-state index contributed by atoms with van der Waals surface area (Å²) in [6.07, 6.45) is 3.88. The number of H-pyrrole nitrogens is 2. The Labute approximate surface area is 444 Å². The van der Waals surface area contributed by atoms with Crippen molar-refractivity contribution >= 4 is 75.0 Å². The van der Waals surface area contributed by atoms with E-state index in [1.54, 1.807) is 40.7 Å². The van der Waals surface area contributed by atoms with Crippen LogP contribution in [0.5, 0.6) is 23.0 Å². The largest absolute Gasteiger partial charge is 0.457 e. The molecule has 0 atom stereocenters. The standard InChI is InChI=1S/C24H23N3O3S.C12H9ClO3S.C12H15N3.C6H15N.CH2Cl2/c28-31(29,21-12-10-20(11-13-21)30-19-6-2-1-3-7-19)27-16-14-18(15-17-27)24-25-22-8-4-5-9-23(22)26-24;13-17(14,15)12-8-6-11(7-9-12)16-10-4-2-1-3-5-10;1-2-4-11-10(3-1)14-12(15-11)9-5-7-13-8-6-9;1-4-7(5-2)6-3;2-1-3/h1-13,18H,14-17H2,(H,25,26);1-9H;1-4,9,13H,5-8H2,(H,14,15);4-6H2,1-3H3;1H2. The van der Waals surface area contributed by atoms with Gasteiger partial charge in [0.05, 0.1) is 37.2 Å². The lowest BCUT2D eigenvalue weighted by Crippen LogP contribution is -2.38. The minimum Gasteiger partial charge on any atom is -0.457 e. The number of alkyl halides is 2. The predicted octanol–water partition coefficient (Wildman–Crippen LogP) is 13.1. The van der Waals surface area contributed by atoms with Gasteiger partial charge in [-0.2, -0.15) is 4.31 Å². The highest BCUT2D eigenvalue weighted by Gasteiger charge is 2.31. The van der Waals surface area contributed by atoms with Crippen molar-refractivity contribution < 1.29 is 26.3 Å². The Morgan fingerprint density at radius 2 is 0.904 bits per heavy atom. The van der Waals surface area contributed by atoms with Gasteiger partial charge in [0.25, 0.3) is 9.05 Å². The van der Waals surface area contributed by atoms with Crippen LogP contribution in [0.25, 0.3) is 22.1 Å². The number of piperidine rings is 2. The summed E-state index contributed by atoms with van der Waals surface area (Å²) < 4.78 is 61.1. The molecule has 0 radical (unpaired) electrons. The molecule has 4 heterocycles. The van der Waals surface area contributed by atoms with Gasteiger partial charge in [-0.15, -0.1) is 23.2 Å². The van der Waals surface area contributed by atoms with Crippen LogP contribution >= 0.6 is 33.9 Å². The number of benzene rings is 6. The van der Waals surface area contributed by atoms with Crippen LogP contribution in [0.1, 0.15) is 69.9 Å².